The first-order chi connectivity index (χ1) is 9.33. The van der Waals surface area contributed by atoms with E-state index in [1.807, 2.05) is 7.05 Å². The van der Waals surface area contributed by atoms with Gasteiger partial charge >= 0.3 is 0 Å². The maximum Gasteiger partial charge on any atom is 0.118 e. The molecule has 3 heteroatoms. The number of hydrogen-bond acceptors (Lipinski definition) is 3. The van der Waals surface area contributed by atoms with Gasteiger partial charge in [-0.1, -0.05) is 12.1 Å². The van der Waals surface area contributed by atoms with Crippen molar-refractivity contribution < 1.29 is 4.74 Å². The number of hydrogen-bond donors (Lipinski definition) is 1. The number of aryl methyl sites for hydroxylation is 1. The molecule has 1 fully saturated rings. The normalized spacial score (nSPS) is 19.8. The van der Waals surface area contributed by atoms with E-state index in [0.29, 0.717) is 0 Å². The van der Waals surface area contributed by atoms with Crippen molar-refractivity contribution in [2.24, 2.45) is 0 Å². The minimum Gasteiger partial charge on any atom is -0.497 e. The van der Waals surface area contributed by atoms with E-state index in [1.165, 1.54) is 37.9 Å². The summed E-state index contributed by atoms with van der Waals surface area (Å²) in [5.41, 5.74) is 1.41. The second kappa shape index (κ2) is 7.51. The highest BCUT2D eigenvalue weighted by Gasteiger charge is 2.22. The van der Waals surface area contributed by atoms with Crippen LogP contribution in [0.1, 0.15) is 24.8 Å². The van der Waals surface area contributed by atoms with E-state index in [-0.39, 0.29) is 0 Å². The van der Waals surface area contributed by atoms with E-state index in [9.17, 15) is 0 Å². The van der Waals surface area contributed by atoms with Crippen LogP contribution in [0.5, 0.6) is 5.75 Å². The van der Waals surface area contributed by atoms with Crippen molar-refractivity contribution in [3.05, 3.63) is 29.8 Å². The summed E-state index contributed by atoms with van der Waals surface area (Å²) in [5.74, 6) is 0.942. The van der Waals surface area contributed by atoms with Crippen molar-refractivity contribution in [1.82, 2.24) is 10.2 Å². The molecule has 0 saturated carbocycles. The molecule has 1 N–H and O–H groups in total. The molecule has 1 heterocycles. The summed E-state index contributed by atoms with van der Waals surface area (Å²) in [5, 5.41) is 3.30. The summed E-state index contributed by atoms with van der Waals surface area (Å²) in [6, 6.07) is 9.20. The number of nitrogens with one attached hydrogen (secondary N) is 1. The molecule has 1 aliphatic rings. The summed E-state index contributed by atoms with van der Waals surface area (Å²) < 4.78 is 5.18. The molecular formula is C16H26N2O. The summed E-state index contributed by atoms with van der Waals surface area (Å²) in [6.07, 6.45) is 5.11. The van der Waals surface area contributed by atoms with Gasteiger partial charge in [0.15, 0.2) is 0 Å². The fraction of sp³-hybridized carbons (Fsp3) is 0.625. The van der Waals surface area contributed by atoms with Crippen LogP contribution in [0.25, 0.3) is 0 Å². The molecule has 1 aromatic rings. The molecule has 1 saturated heterocycles. The Bertz CT molecular complexity index is 364. The number of likely N-dealkylation sites (N-methyl/N-ethyl adjacent to an activating group) is 1. The number of nitrogens with zero attached hydrogens (tertiary/aromatic N) is 1. The van der Waals surface area contributed by atoms with Gasteiger partial charge in [-0.3, -0.25) is 4.90 Å². The summed E-state index contributed by atoms with van der Waals surface area (Å²) in [7, 11) is 3.76. The number of methoxy groups -OCH3 is 1. The third-order valence-electron chi connectivity index (χ3n) is 4.01. The molecule has 106 valence electrons. The van der Waals surface area contributed by atoms with E-state index < -0.39 is 0 Å². The summed E-state index contributed by atoms with van der Waals surface area (Å²) >= 11 is 0. The Hall–Kier alpha value is -1.06. The van der Waals surface area contributed by atoms with Gasteiger partial charge in [-0.05, 0) is 63.5 Å². The molecule has 0 amide bonds. The average Bonchev–Trinajstić information content (AvgIpc) is 2.88. The van der Waals surface area contributed by atoms with Gasteiger partial charge in [0.2, 0.25) is 0 Å². The number of benzene rings is 1. The van der Waals surface area contributed by atoms with E-state index in [1.54, 1.807) is 7.11 Å². The zero-order chi connectivity index (χ0) is 13.5. The minimum atomic E-state index is 0.751. The summed E-state index contributed by atoms with van der Waals surface area (Å²) in [4.78, 5) is 2.64. The first-order valence-electron chi connectivity index (χ1n) is 7.35. The Labute approximate surface area is 116 Å². The molecule has 0 radical (unpaired) electrons. The minimum absolute atomic E-state index is 0.751. The van der Waals surface area contributed by atoms with Gasteiger partial charge in [-0.15, -0.1) is 0 Å². The molecule has 2 rings (SSSR count). The zero-order valence-electron chi connectivity index (χ0n) is 12.2. The van der Waals surface area contributed by atoms with Crippen LogP contribution >= 0.6 is 0 Å². The van der Waals surface area contributed by atoms with Gasteiger partial charge in [-0.2, -0.15) is 0 Å². The quantitative estimate of drug-likeness (QED) is 0.816. The lowest BCUT2D eigenvalue weighted by Gasteiger charge is -2.24. The average molecular weight is 262 g/mol. The molecule has 0 aromatic heterocycles. The van der Waals surface area contributed by atoms with Crippen molar-refractivity contribution in [2.75, 3.05) is 33.8 Å². The molecule has 0 spiro atoms. The van der Waals surface area contributed by atoms with Crippen LogP contribution < -0.4 is 10.1 Å². The second-order valence-corrected chi connectivity index (χ2v) is 5.34. The third-order valence-corrected chi connectivity index (χ3v) is 4.01. The standard InChI is InChI=1S/C16H26N2O/c1-17-13-15-6-4-12-18(15)11-3-5-14-7-9-16(19-2)10-8-14/h7-10,15,17H,3-6,11-13H2,1-2H3. The second-order valence-electron chi connectivity index (χ2n) is 5.34. The van der Waals surface area contributed by atoms with Gasteiger partial charge in [0, 0.05) is 12.6 Å². The van der Waals surface area contributed by atoms with E-state index >= 15 is 0 Å². The van der Waals surface area contributed by atoms with Crippen molar-refractivity contribution in [3.63, 3.8) is 0 Å². The topological polar surface area (TPSA) is 24.5 Å². The van der Waals surface area contributed by atoms with Crippen LogP contribution in [0, 0.1) is 0 Å². The van der Waals surface area contributed by atoms with E-state index in [4.69, 9.17) is 4.74 Å². The van der Waals surface area contributed by atoms with Crippen LogP contribution in [0.15, 0.2) is 24.3 Å². The Balaban J connectivity index is 1.73. The van der Waals surface area contributed by atoms with Crippen molar-refractivity contribution in [3.8, 4) is 5.75 Å². The Morgan fingerprint density at radius 3 is 2.79 bits per heavy atom. The highest BCUT2D eigenvalue weighted by atomic mass is 16.5. The van der Waals surface area contributed by atoms with Crippen LogP contribution in [-0.2, 0) is 6.42 Å². The van der Waals surface area contributed by atoms with Crippen LogP contribution in [0.2, 0.25) is 0 Å². The third kappa shape index (κ3) is 4.22. The molecular weight excluding hydrogens is 236 g/mol. The van der Waals surface area contributed by atoms with Gasteiger partial charge in [-0.25, -0.2) is 0 Å². The predicted molar refractivity (Wildman–Crippen MR) is 79.8 cm³/mol. The van der Waals surface area contributed by atoms with Gasteiger partial charge in [0.25, 0.3) is 0 Å². The van der Waals surface area contributed by atoms with Gasteiger partial charge in [0.1, 0.15) is 5.75 Å². The van der Waals surface area contributed by atoms with E-state index in [2.05, 4.69) is 34.5 Å². The molecule has 1 atom stereocenters. The maximum atomic E-state index is 5.18. The zero-order valence-corrected chi connectivity index (χ0v) is 12.2. The lowest BCUT2D eigenvalue weighted by atomic mass is 10.1. The van der Waals surface area contributed by atoms with Crippen molar-refractivity contribution in [1.29, 1.82) is 0 Å². The predicted octanol–water partition coefficient (Wildman–Crippen LogP) is 2.31. The Morgan fingerprint density at radius 2 is 2.11 bits per heavy atom. The first-order valence-corrected chi connectivity index (χ1v) is 7.35. The molecule has 1 aromatic carbocycles. The monoisotopic (exact) mass is 262 g/mol. The van der Waals surface area contributed by atoms with Gasteiger partial charge < -0.3 is 10.1 Å². The smallest absolute Gasteiger partial charge is 0.118 e. The summed E-state index contributed by atoms with van der Waals surface area (Å²) in [6.45, 7) is 3.62. The fourth-order valence-electron chi connectivity index (χ4n) is 2.93. The number of rotatable bonds is 7. The van der Waals surface area contributed by atoms with Gasteiger partial charge in [0.05, 0.1) is 7.11 Å². The Kier molecular flexibility index (Phi) is 5.67. The highest BCUT2D eigenvalue weighted by molar-refractivity contribution is 5.27. The van der Waals surface area contributed by atoms with E-state index in [0.717, 1.165) is 24.8 Å². The Morgan fingerprint density at radius 1 is 1.32 bits per heavy atom. The largest absolute Gasteiger partial charge is 0.497 e. The van der Waals surface area contributed by atoms with Crippen LogP contribution in [0.3, 0.4) is 0 Å². The first kappa shape index (κ1) is 14.4. The fourth-order valence-corrected chi connectivity index (χ4v) is 2.93. The number of likely N-dealkylation sites (tertiary alicyclic amines) is 1. The SMILES string of the molecule is CNCC1CCCN1CCCc1ccc(OC)cc1. The van der Waals surface area contributed by atoms with Crippen molar-refractivity contribution in [2.45, 2.75) is 31.7 Å². The van der Waals surface area contributed by atoms with Crippen LogP contribution in [0.4, 0.5) is 0 Å². The highest BCUT2D eigenvalue weighted by Crippen LogP contribution is 2.18. The lowest BCUT2D eigenvalue weighted by molar-refractivity contribution is 0.248. The maximum absolute atomic E-state index is 5.18. The molecule has 1 aliphatic heterocycles. The molecule has 0 aliphatic carbocycles. The van der Waals surface area contributed by atoms with Crippen molar-refractivity contribution >= 4 is 0 Å². The molecule has 3 nitrogen and oxygen atoms in total. The molecule has 0 bridgehead atoms. The lowest BCUT2D eigenvalue weighted by Crippen LogP contribution is -2.37. The van der Waals surface area contributed by atoms with Crippen LogP contribution in [-0.4, -0.2) is 44.7 Å². The molecule has 1 unspecified atom stereocenters. The molecule has 19 heavy (non-hydrogen) atoms. The number of ether oxygens (including phenoxy) is 1.